The average Bonchev–Trinajstić information content (AvgIpc) is 3.23. The van der Waals surface area contributed by atoms with Crippen LogP contribution in [-0.2, 0) is 15.4 Å². The van der Waals surface area contributed by atoms with Crippen LogP contribution in [0.1, 0.15) is 16.1 Å². The number of hydrogen-bond donors (Lipinski definition) is 2. The summed E-state index contributed by atoms with van der Waals surface area (Å²) in [5, 5.41) is 16.1. The van der Waals surface area contributed by atoms with E-state index in [2.05, 4.69) is 10.3 Å². The number of aromatic nitrogens is 1. The average molecular weight is 482 g/mol. The summed E-state index contributed by atoms with van der Waals surface area (Å²) < 4.78 is 41.4. The van der Waals surface area contributed by atoms with E-state index in [-0.39, 0.29) is 46.6 Å². The first kappa shape index (κ1) is 21.7. The highest BCUT2D eigenvalue weighted by molar-refractivity contribution is 7.89. The largest absolute Gasteiger partial charge is 0.507 e. The van der Waals surface area contributed by atoms with Crippen molar-refractivity contribution in [2.45, 2.75) is 10.3 Å². The van der Waals surface area contributed by atoms with Crippen molar-refractivity contribution < 1.29 is 22.7 Å². The number of thiophene rings is 1. The van der Waals surface area contributed by atoms with Crippen molar-refractivity contribution in [3.8, 4) is 5.75 Å². The van der Waals surface area contributed by atoms with Gasteiger partial charge < -0.3 is 10.4 Å². The Morgan fingerprint density at radius 1 is 1.32 bits per heavy atom. The number of rotatable bonds is 6. The smallest absolute Gasteiger partial charge is 0.255 e. The van der Waals surface area contributed by atoms with Crippen LogP contribution in [-0.4, -0.2) is 48.4 Å². The molecule has 1 fully saturated rings. The lowest BCUT2D eigenvalue weighted by molar-refractivity contribution is 0.0892. The Hall–Kier alpha value is -2.53. The number of carbonyl (C=O) groups is 1. The predicted octanol–water partition coefficient (Wildman–Crippen LogP) is 3.01. The lowest BCUT2D eigenvalue weighted by Crippen LogP contribution is -2.65. The van der Waals surface area contributed by atoms with Crippen LogP contribution in [0, 0.1) is 5.82 Å². The third-order valence-corrected chi connectivity index (χ3v) is 8.00. The summed E-state index contributed by atoms with van der Waals surface area (Å²) in [6.07, 6.45) is 1.42. The minimum atomic E-state index is -3.73. The van der Waals surface area contributed by atoms with Gasteiger partial charge in [-0.25, -0.2) is 12.8 Å². The Labute approximate surface area is 187 Å². The van der Waals surface area contributed by atoms with E-state index in [0.717, 1.165) is 0 Å². The van der Waals surface area contributed by atoms with Crippen molar-refractivity contribution in [3.05, 3.63) is 75.5 Å². The van der Waals surface area contributed by atoms with Crippen molar-refractivity contribution in [2.75, 3.05) is 19.6 Å². The van der Waals surface area contributed by atoms with Gasteiger partial charge in [0, 0.05) is 36.2 Å². The fraction of sp³-hybridized carbons (Fsp3) is 0.200. The maximum atomic E-state index is 14.6. The maximum Gasteiger partial charge on any atom is 0.255 e. The quantitative estimate of drug-likeness (QED) is 0.563. The Kier molecular flexibility index (Phi) is 5.73. The van der Waals surface area contributed by atoms with Gasteiger partial charge in [-0.1, -0.05) is 11.6 Å². The number of amides is 1. The number of pyridine rings is 1. The number of phenols is 1. The van der Waals surface area contributed by atoms with Crippen molar-refractivity contribution in [1.29, 1.82) is 0 Å². The molecule has 0 spiro atoms. The van der Waals surface area contributed by atoms with Gasteiger partial charge in [0.2, 0.25) is 10.0 Å². The van der Waals surface area contributed by atoms with E-state index in [1.807, 2.05) is 0 Å². The molecular formula is C20H17ClFN3O4S2. The molecule has 3 aromatic rings. The highest BCUT2D eigenvalue weighted by Crippen LogP contribution is 2.38. The van der Waals surface area contributed by atoms with Crippen LogP contribution in [0.2, 0.25) is 5.02 Å². The van der Waals surface area contributed by atoms with Gasteiger partial charge in [-0.15, -0.1) is 0 Å². The molecule has 162 valence electrons. The van der Waals surface area contributed by atoms with E-state index in [1.54, 1.807) is 5.38 Å². The second kappa shape index (κ2) is 8.19. The number of sulfonamides is 1. The molecule has 1 aliphatic rings. The molecule has 4 rings (SSSR count). The van der Waals surface area contributed by atoms with E-state index in [0.29, 0.717) is 0 Å². The molecule has 31 heavy (non-hydrogen) atoms. The predicted molar refractivity (Wildman–Crippen MR) is 114 cm³/mol. The van der Waals surface area contributed by atoms with Crippen molar-refractivity contribution in [1.82, 2.24) is 14.6 Å². The Morgan fingerprint density at radius 3 is 2.74 bits per heavy atom. The van der Waals surface area contributed by atoms with Gasteiger partial charge in [0.15, 0.2) is 0 Å². The zero-order valence-corrected chi connectivity index (χ0v) is 18.3. The maximum absolute atomic E-state index is 14.6. The van der Waals surface area contributed by atoms with Gasteiger partial charge in [0.05, 0.1) is 21.6 Å². The summed E-state index contributed by atoms with van der Waals surface area (Å²) in [5.41, 5.74) is -0.970. The molecule has 7 nitrogen and oxygen atoms in total. The molecule has 1 amide bonds. The first-order valence-electron chi connectivity index (χ1n) is 9.13. The summed E-state index contributed by atoms with van der Waals surface area (Å²) in [7, 11) is -3.73. The van der Waals surface area contributed by atoms with E-state index in [4.69, 9.17) is 11.6 Å². The molecule has 1 saturated heterocycles. The molecule has 11 heteroatoms. The van der Waals surface area contributed by atoms with Crippen LogP contribution >= 0.6 is 22.9 Å². The van der Waals surface area contributed by atoms with Gasteiger partial charge in [0.1, 0.15) is 11.6 Å². The molecule has 0 atom stereocenters. The summed E-state index contributed by atoms with van der Waals surface area (Å²) in [6.45, 7) is -0.171. The van der Waals surface area contributed by atoms with Crippen LogP contribution in [0.15, 0.2) is 58.3 Å². The third kappa shape index (κ3) is 4.03. The molecule has 1 aromatic carbocycles. The number of nitrogens with zero attached hydrogens (tertiary/aromatic N) is 2. The van der Waals surface area contributed by atoms with Gasteiger partial charge in [-0.3, -0.25) is 9.78 Å². The van der Waals surface area contributed by atoms with Gasteiger partial charge in [-0.05, 0) is 41.8 Å². The summed E-state index contributed by atoms with van der Waals surface area (Å²) in [6, 6.07) is 8.26. The van der Waals surface area contributed by atoms with Gasteiger partial charge >= 0.3 is 0 Å². The lowest BCUT2D eigenvalue weighted by atomic mass is 9.77. The van der Waals surface area contributed by atoms with Crippen LogP contribution in [0.5, 0.6) is 5.75 Å². The minimum absolute atomic E-state index is 0.00289. The third-order valence-electron chi connectivity index (χ3n) is 5.14. The molecule has 2 N–H and O–H groups in total. The Morgan fingerprint density at radius 2 is 2.10 bits per heavy atom. The van der Waals surface area contributed by atoms with Crippen molar-refractivity contribution in [3.63, 3.8) is 0 Å². The highest BCUT2D eigenvalue weighted by atomic mass is 35.5. The Bertz CT molecular complexity index is 1230. The fourth-order valence-electron chi connectivity index (χ4n) is 3.51. The van der Waals surface area contributed by atoms with E-state index in [9.17, 15) is 22.7 Å². The first-order valence-corrected chi connectivity index (χ1v) is 11.9. The molecule has 0 saturated carbocycles. The van der Waals surface area contributed by atoms with E-state index in [1.165, 1.54) is 63.6 Å². The number of carbonyl (C=O) groups excluding carboxylic acids is 1. The van der Waals surface area contributed by atoms with Gasteiger partial charge in [0.25, 0.3) is 5.91 Å². The zero-order valence-electron chi connectivity index (χ0n) is 16.0. The second-order valence-electron chi connectivity index (χ2n) is 7.19. The summed E-state index contributed by atoms with van der Waals surface area (Å²) in [4.78, 5) is 16.9. The molecule has 2 aromatic heterocycles. The van der Waals surface area contributed by atoms with Gasteiger partial charge in [-0.2, -0.15) is 15.6 Å². The SMILES string of the molecule is O=C(NCC1(c2ncccc2F)CN(S(=O)(=O)c2ccsc2)C1)c1ccc(Cl)cc1O. The second-order valence-corrected chi connectivity index (χ2v) is 10.3. The number of halogens is 2. The fourth-order valence-corrected chi connectivity index (χ4v) is 6.30. The van der Waals surface area contributed by atoms with Crippen LogP contribution < -0.4 is 5.32 Å². The topological polar surface area (TPSA) is 99.6 Å². The van der Waals surface area contributed by atoms with E-state index >= 15 is 0 Å². The number of nitrogens with one attached hydrogen (secondary N) is 1. The first-order chi connectivity index (χ1) is 14.7. The molecule has 0 radical (unpaired) electrons. The Balaban J connectivity index is 1.58. The van der Waals surface area contributed by atoms with Crippen LogP contribution in [0.25, 0.3) is 0 Å². The normalized spacial score (nSPS) is 15.9. The zero-order chi connectivity index (χ0) is 22.2. The summed E-state index contributed by atoms with van der Waals surface area (Å²) in [5.74, 6) is -1.47. The lowest BCUT2D eigenvalue weighted by Gasteiger charge is -2.48. The standard InChI is InChI=1S/C20H17ClFN3O4S2/c21-13-3-4-15(17(26)8-13)19(27)24-10-20(18-16(22)2-1-6-23-18)11-25(12-20)31(28,29)14-5-7-30-9-14/h1-9,26H,10-12H2,(H,24,27). The number of aromatic hydroxyl groups is 1. The number of phenolic OH excluding ortho intramolecular Hbond substituents is 1. The summed E-state index contributed by atoms with van der Waals surface area (Å²) >= 11 is 7.06. The highest BCUT2D eigenvalue weighted by Gasteiger charge is 2.52. The van der Waals surface area contributed by atoms with E-state index < -0.39 is 27.2 Å². The molecule has 0 unspecified atom stereocenters. The number of benzene rings is 1. The van der Waals surface area contributed by atoms with Crippen LogP contribution in [0.4, 0.5) is 4.39 Å². The monoisotopic (exact) mass is 481 g/mol. The van der Waals surface area contributed by atoms with Crippen molar-refractivity contribution in [2.24, 2.45) is 0 Å². The molecule has 0 bridgehead atoms. The molecule has 3 heterocycles. The van der Waals surface area contributed by atoms with Crippen LogP contribution in [0.3, 0.4) is 0 Å². The molecule has 1 aliphatic heterocycles. The number of hydrogen-bond acceptors (Lipinski definition) is 6. The van der Waals surface area contributed by atoms with Crippen molar-refractivity contribution >= 4 is 38.9 Å². The minimum Gasteiger partial charge on any atom is -0.507 e. The molecular weight excluding hydrogens is 465 g/mol. The molecule has 0 aliphatic carbocycles.